The molecule has 0 aliphatic carbocycles. The van der Waals surface area contributed by atoms with Crippen LogP contribution in [0.1, 0.15) is 51.0 Å². The molecule has 1 aromatic carbocycles. The van der Waals surface area contributed by atoms with Crippen LogP contribution in [-0.2, 0) is 40.0 Å². The van der Waals surface area contributed by atoms with Crippen LogP contribution in [0.3, 0.4) is 0 Å². The van der Waals surface area contributed by atoms with E-state index in [4.69, 9.17) is 17.2 Å². The summed E-state index contributed by atoms with van der Waals surface area (Å²) in [7, 11) is 0. The van der Waals surface area contributed by atoms with Gasteiger partial charge in [0, 0.05) is 31.7 Å². The molecule has 0 aromatic heterocycles. The van der Waals surface area contributed by atoms with Gasteiger partial charge in [-0.1, -0.05) is 12.1 Å². The summed E-state index contributed by atoms with van der Waals surface area (Å²) in [5, 5.41) is 31.6. The number of benzene rings is 1. The maximum absolute atomic E-state index is 13.7. The van der Waals surface area contributed by atoms with Crippen LogP contribution >= 0.6 is 12.6 Å². The second-order valence-electron chi connectivity index (χ2n) is 12.0. The molecule has 282 valence electrons. The topological polar surface area (TPSA) is 318 Å². The van der Waals surface area contributed by atoms with Crippen LogP contribution in [0.2, 0.25) is 0 Å². The number of phenolic OH excluding ortho intramolecular Hbond substituents is 1. The molecule has 0 bridgehead atoms. The lowest BCUT2D eigenvalue weighted by Gasteiger charge is -2.28. The predicted octanol–water partition coefficient (Wildman–Crippen LogP) is -3.06. The van der Waals surface area contributed by atoms with E-state index in [1.165, 1.54) is 36.1 Å². The van der Waals surface area contributed by atoms with Crippen LogP contribution in [0, 0.1) is 0 Å². The number of amides is 8. The molecule has 19 nitrogen and oxygen atoms in total. The first-order chi connectivity index (χ1) is 24.0. The fourth-order valence-corrected chi connectivity index (χ4v) is 5.40. The number of thiol groups is 1. The van der Waals surface area contributed by atoms with Gasteiger partial charge in [0.25, 0.3) is 0 Å². The Balaban J connectivity index is 2.32. The fraction of sp³-hybridized carbons (Fsp3) is 0.548. The summed E-state index contributed by atoms with van der Waals surface area (Å²) in [6.07, 6.45) is 0.0631. The lowest BCUT2D eigenvalue weighted by atomic mass is 10.0. The van der Waals surface area contributed by atoms with E-state index in [1.54, 1.807) is 0 Å². The number of carbonyl (C=O) groups is 8. The van der Waals surface area contributed by atoms with Crippen LogP contribution in [0.5, 0.6) is 5.75 Å². The number of carboxylic acids is 1. The summed E-state index contributed by atoms with van der Waals surface area (Å²) in [6.45, 7) is 1.62. The third-order valence-electron chi connectivity index (χ3n) is 8.01. The minimum atomic E-state index is -1.46. The van der Waals surface area contributed by atoms with Gasteiger partial charge in [-0.05, 0) is 56.7 Å². The summed E-state index contributed by atoms with van der Waals surface area (Å²) in [5.41, 5.74) is 16.6. The van der Waals surface area contributed by atoms with Crippen molar-refractivity contribution in [1.82, 2.24) is 31.5 Å². The third kappa shape index (κ3) is 14.0. The zero-order valence-electron chi connectivity index (χ0n) is 28.1. The fourth-order valence-electron chi connectivity index (χ4n) is 5.24. The molecule has 0 unspecified atom stereocenters. The van der Waals surface area contributed by atoms with E-state index in [9.17, 15) is 48.6 Å². The van der Waals surface area contributed by atoms with Crippen molar-refractivity contribution in [3.63, 3.8) is 0 Å². The standard InChI is InChI=1S/C31H47N9O10S/c1-16(29(47)40-13-3-5-23(40)30(48)49)36-28(46)22(14-17-6-8-18(41)9-7-17)39-27(45)21(10-11-24(33)42)38-26(44)20(4-2-12-35-31(34)50)37-25(43)19(32)15-51/h6-9,16,19-23,41,51H,2-5,10-15,32H2,1H3,(H2,33,42)(H,36,46)(H,37,43)(H,38,44)(H,39,45)(H,48,49)(H3,34,35,50)/t16-,19-,20-,21-,22-,23-/m0/s1. The van der Waals surface area contributed by atoms with Gasteiger partial charge in [0.05, 0.1) is 6.04 Å². The molecule has 1 heterocycles. The van der Waals surface area contributed by atoms with E-state index in [0.717, 1.165) is 0 Å². The lowest BCUT2D eigenvalue weighted by Crippen LogP contribution is -2.59. The zero-order valence-corrected chi connectivity index (χ0v) is 29.0. The van der Waals surface area contributed by atoms with Crippen molar-refractivity contribution in [3.8, 4) is 5.75 Å². The molecule has 20 heteroatoms. The predicted molar refractivity (Wildman–Crippen MR) is 185 cm³/mol. The van der Waals surface area contributed by atoms with Gasteiger partial charge < -0.3 is 58.9 Å². The molecule has 2 rings (SSSR count). The Kier molecular flexibility index (Phi) is 16.9. The Morgan fingerprint density at radius 1 is 0.882 bits per heavy atom. The number of hydrogen-bond donors (Lipinski definition) is 11. The first-order valence-corrected chi connectivity index (χ1v) is 16.9. The maximum Gasteiger partial charge on any atom is 0.326 e. The number of likely N-dealkylation sites (tertiary alicyclic amines) is 1. The molecule has 0 radical (unpaired) electrons. The molecule has 1 aromatic rings. The van der Waals surface area contributed by atoms with E-state index in [2.05, 4.69) is 39.2 Å². The molecule has 0 spiro atoms. The van der Waals surface area contributed by atoms with Crippen molar-refractivity contribution >= 4 is 60.1 Å². The Hall–Kier alpha value is -5.11. The monoisotopic (exact) mass is 737 g/mol. The highest BCUT2D eigenvalue weighted by Crippen LogP contribution is 2.19. The number of phenols is 1. The van der Waals surface area contributed by atoms with E-state index in [0.29, 0.717) is 12.0 Å². The molecular formula is C31H47N9O10S. The first kappa shape index (κ1) is 42.1. The highest BCUT2D eigenvalue weighted by Gasteiger charge is 2.37. The van der Waals surface area contributed by atoms with Crippen molar-refractivity contribution in [1.29, 1.82) is 0 Å². The van der Waals surface area contributed by atoms with Gasteiger partial charge in [0.2, 0.25) is 35.4 Å². The number of urea groups is 1. The maximum atomic E-state index is 13.7. The highest BCUT2D eigenvalue weighted by atomic mass is 32.1. The number of nitrogens with zero attached hydrogens (tertiary/aromatic N) is 1. The SMILES string of the molecule is C[C@H](NC(=O)[C@H](Cc1ccc(O)cc1)NC(=O)[C@H](CCC(N)=O)NC(=O)[C@H](CCCNC(N)=O)NC(=O)[C@@H](N)CS)C(=O)N1CCC[C@H]1C(=O)O. The van der Waals surface area contributed by atoms with Gasteiger partial charge in [-0.15, -0.1) is 0 Å². The smallest absolute Gasteiger partial charge is 0.326 e. The molecule has 8 amide bonds. The number of hydrogen-bond acceptors (Lipinski definition) is 11. The molecule has 6 atom stereocenters. The van der Waals surface area contributed by atoms with Crippen LogP contribution in [0.25, 0.3) is 0 Å². The van der Waals surface area contributed by atoms with Crippen molar-refractivity contribution in [3.05, 3.63) is 29.8 Å². The lowest BCUT2D eigenvalue weighted by molar-refractivity contribution is -0.149. The van der Waals surface area contributed by atoms with Crippen molar-refractivity contribution in [2.75, 3.05) is 18.8 Å². The van der Waals surface area contributed by atoms with Crippen LogP contribution in [0.4, 0.5) is 4.79 Å². The average molecular weight is 738 g/mol. The number of aliphatic carboxylic acids is 1. The Morgan fingerprint density at radius 2 is 1.45 bits per heavy atom. The third-order valence-corrected chi connectivity index (χ3v) is 8.40. The number of primary amides is 2. The summed E-state index contributed by atoms with van der Waals surface area (Å²) in [5.74, 6) is -6.01. The van der Waals surface area contributed by atoms with Gasteiger partial charge in [-0.25, -0.2) is 9.59 Å². The second kappa shape index (κ2) is 20.5. The van der Waals surface area contributed by atoms with Gasteiger partial charge in [-0.3, -0.25) is 28.8 Å². The number of nitrogens with two attached hydrogens (primary N) is 3. The quantitative estimate of drug-likeness (QED) is 0.0471. The number of rotatable bonds is 20. The zero-order chi connectivity index (χ0) is 38.2. The molecule has 0 saturated carbocycles. The van der Waals surface area contributed by atoms with Gasteiger partial charge in [0.15, 0.2) is 0 Å². The molecule has 1 fully saturated rings. The van der Waals surface area contributed by atoms with Crippen molar-refractivity contribution in [2.24, 2.45) is 17.2 Å². The number of nitrogens with one attached hydrogen (secondary N) is 5. The Labute approximate surface area is 299 Å². The molecule has 1 saturated heterocycles. The van der Waals surface area contributed by atoms with Crippen molar-refractivity contribution < 1.29 is 48.6 Å². The minimum Gasteiger partial charge on any atom is -0.508 e. The van der Waals surface area contributed by atoms with E-state index in [1.807, 2.05) is 0 Å². The number of carbonyl (C=O) groups excluding carboxylic acids is 7. The summed E-state index contributed by atoms with van der Waals surface area (Å²) >= 11 is 3.99. The van der Waals surface area contributed by atoms with E-state index in [-0.39, 0.29) is 63.1 Å². The van der Waals surface area contributed by atoms with Gasteiger partial charge >= 0.3 is 12.0 Å². The van der Waals surface area contributed by atoms with Crippen molar-refractivity contribution in [2.45, 2.75) is 88.1 Å². The largest absolute Gasteiger partial charge is 0.508 e. The first-order valence-electron chi connectivity index (χ1n) is 16.2. The molecule has 1 aliphatic heterocycles. The van der Waals surface area contributed by atoms with E-state index < -0.39 is 83.7 Å². The van der Waals surface area contributed by atoms with E-state index >= 15 is 0 Å². The second-order valence-corrected chi connectivity index (χ2v) is 12.4. The normalized spacial score (nSPS) is 16.8. The number of aromatic hydroxyl groups is 1. The molecule has 13 N–H and O–H groups in total. The summed E-state index contributed by atoms with van der Waals surface area (Å²) in [6, 6.07) is -2.46. The van der Waals surface area contributed by atoms with Crippen LogP contribution in [-0.4, -0.2) is 118 Å². The van der Waals surface area contributed by atoms with Crippen LogP contribution in [0.15, 0.2) is 24.3 Å². The van der Waals surface area contributed by atoms with Crippen LogP contribution < -0.4 is 43.8 Å². The van der Waals surface area contributed by atoms with Gasteiger partial charge in [-0.2, -0.15) is 12.6 Å². The Morgan fingerprint density at radius 3 is 2.02 bits per heavy atom. The molecule has 51 heavy (non-hydrogen) atoms. The summed E-state index contributed by atoms with van der Waals surface area (Å²) in [4.78, 5) is 102. The minimum absolute atomic E-state index is 0.0289. The Bertz CT molecular complexity index is 1430. The average Bonchev–Trinajstić information content (AvgIpc) is 3.58. The van der Waals surface area contributed by atoms with Gasteiger partial charge in [0.1, 0.15) is 36.0 Å². The number of carboxylic acid groups (broad SMARTS) is 1. The molecule has 1 aliphatic rings. The highest BCUT2D eigenvalue weighted by molar-refractivity contribution is 7.80. The summed E-state index contributed by atoms with van der Waals surface area (Å²) < 4.78 is 0. The molecular weight excluding hydrogens is 690 g/mol.